The van der Waals surface area contributed by atoms with E-state index in [-0.39, 0.29) is 5.63 Å². The molecule has 0 aromatic carbocycles. The van der Waals surface area contributed by atoms with E-state index in [1.54, 1.807) is 6.07 Å². The van der Waals surface area contributed by atoms with Crippen molar-refractivity contribution in [2.75, 3.05) is 0 Å². The van der Waals surface area contributed by atoms with Gasteiger partial charge in [0, 0.05) is 11.0 Å². The first kappa shape index (κ1) is 5.44. The van der Waals surface area contributed by atoms with E-state index in [0.29, 0.717) is 4.90 Å². The molecule has 1 heterocycles. The Morgan fingerprint density at radius 3 is 2.62 bits per heavy atom. The summed E-state index contributed by atoms with van der Waals surface area (Å²) in [4.78, 5) is 10.9. The molecule has 1 aromatic heterocycles. The first-order valence-electron chi connectivity index (χ1n) is 2.07. The van der Waals surface area contributed by atoms with Crippen molar-refractivity contribution in [3.63, 3.8) is 0 Å². The summed E-state index contributed by atoms with van der Waals surface area (Å²) in [6.45, 7) is 0. The number of rotatable bonds is 0. The molecular weight excluding hydrogens is 124 g/mol. The maximum absolute atomic E-state index is 10.2. The molecule has 0 amide bonds. The van der Waals surface area contributed by atoms with Gasteiger partial charge >= 0.3 is 5.63 Å². The molecule has 0 aliphatic heterocycles. The molecule has 0 aliphatic rings. The Morgan fingerprint density at radius 1 is 1.50 bits per heavy atom. The monoisotopic (exact) mass is 128 g/mol. The van der Waals surface area contributed by atoms with Crippen LogP contribution in [0.5, 0.6) is 0 Å². The van der Waals surface area contributed by atoms with Crippen LogP contribution >= 0.6 is 12.6 Å². The fraction of sp³-hybridized carbons (Fsp3) is 0. The first-order valence-corrected chi connectivity index (χ1v) is 2.51. The highest BCUT2D eigenvalue weighted by Gasteiger charge is 1.82. The fourth-order valence-electron chi connectivity index (χ4n) is 0.350. The lowest BCUT2D eigenvalue weighted by Crippen LogP contribution is -1.91. The molecule has 0 saturated heterocycles. The van der Waals surface area contributed by atoms with E-state index in [1.165, 1.54) is 12.3 Å². The van der Waals surface area contributed by atoms with E-state index in [2.05, 4.69) is 17.0 Å². The van der Waals surface area contributed by atoms with Gasteiger partial charge in [-0.1, -0.05) is 0 Å². The third-order valence-corrected chi connectivity index (χ3v) is 0.940. The van der Waals surface area contributed by atoms with E-state index in [4.69, 9.17) is 0 Å². The molecule has 2 nitrogen and oxygen atoms in total. The molecule has 0 radical (unpaired) electrons. The predicted octanol–water partition coefficient (Wildman–Crippen LogP) is 0.928. The summed E-state index contributed by atoms with van der Waals surface area (Å²) in [6, 6.07) is 2.90. The average molecular weight is 128 g/mol. The quantitative estimate of drug-likeness (QED) is 0.527. The normalized spacial score (nSPS) is 9.12. The molecule has 0 aliphatic carbocycles. The third kappa shape index (κ3) is 1.13. The summed E-state index contributed by atoms with van der Waals surface area (Å²) < 4.78 is 4.43. The van der Waals surface area contributed by atoms with Crippen molar-refractivity contribution in [1.29, 1.82) is 0 Å². The SMILES string of the molecule is O=c1ccc(S)co1. The van der Waals surface area contributed by atoms with Gasteiger partial charge in [-0.05, 0) is 6.07 Å². The second kappa shape index (κ2) is 2.05. The van der Waals surface area contributed by atoms with Crippen LogP contribution in [0.3, 0.4) is 0 Å². The van der Waals surface area contributed by atoms with Crippen LogP contribution in [-0.2, 0) is 0 Å². The zero-order valence-electron chi connectivity index (χ0n) is 4.00. The van der Waals surface area contributed by atoms with Gasteiger partial charge in [-0.15, -0.1) is 12.6 Å². The lowest BCUT2D eigenvalue weighted by Gasteiger charge is -1.81. The summed E-state index contributed by atoms with van der Waals surface area (Å²) in [7, 11) is 0. The van der Waals surface area contributed by atoms with Gasteiger partial charge in [0.15, 0.2) is 0 Å². The van der Waals surface area contributed by atoms with Gasteiger partial charge in [-0.25, -0.2) is 4.79 Å². The Labute approximate surface area is 51.6 Å². The van der Waals surface area contributed by atoms with Gasteiger partial charge in [0.1, 0.15) is 6.26 Å². The van der Waals surface area contributed by atoms with Crippen molar-refractivity contribution in [1.82, 2.24) is 0 Å². The van der Waals surface area contributed by atoms with Gasteiger partial charge in [-0.2, -0.15) is 0 Å². The second-order valence-corrected chi connectivity index (χ2v) is 1.83. The van der Waals surface area contributed by atoms with Crippen molar-refractivity contribution in [3.05, 3.63) is 28.8 Å². The zero-order chi connectivity index (χ0) is 5.98. The molecule has 1 rings (SSSR count). The highest BCUT2D eigenvalue weighted by molar-refractivity contribution is 7.80. The summed E-state index contributed by atoms with van der Waals surface area (Å²) in [6.07, 6.45) is 1.30. The van der Waals surface area contributed by atoms with Gasteiger partial charge in [0.05, 0.1) is 0 Å². The highest BCUT2D eigenvalue weighted by atomic mass is 32.1. The van der Waals surface area contributed by atoms with Crippen molar-refractivity contribution in [2.45, 2.75) is 4.90 Å². The van der Waals surface area contributed by atoms with Gasteiger partial charge in [-0.3, -0.25) is 0 Å². The third-order valence-electron chi connectivity index (χ3n) is 0.686. The number of thiol groups is 1. The van der Waals surface area contributed by atoms with Crippen LogP contribution in [0.4, 0.5) is 0 Å². The fourth-order valence-corrected chi connectivity index (χ4v) is 0.478. The molecule has 1 aromatic rings. The minimum absolute atomic E-state index is 0.345. The molecule has 0 saturated carbocycles. The first-order chi connectivity index (χ1) is 3.79. The predicted molar refractivity (Wildman–Crippen MR) is 32.2 cm³/mol. The average Bonchev–Trinajstić information content (AvgIpc) is 1.77. The molecule has 0 spiro atoms. The van der Waals surface area contributed by atoms with Gasteiger partial charge < -0.3 is 4.42 Å². The van der Waals surface area contributed by atoms with Crippen molar-refractivity contribution in [3.8, 4) is 0 Å². The summed E-state index contributed by atoms with van der Waals surface area (Å²) in [5.41, 5.74) is -0.345. The Bertz CT molecular complexity index is 208. The lowest BCUT2D eigenvalue weighted by molar-refractivity contribution is 0.499. The maximum Gasteiger partial charge on any atom is 0.335 e. The Kier molecular flexibility index (Phi) is 1.39. The largest absolute Gasteiger partial charge is 0.430 e. The Morgan fingerprint density at radius 2 is 2.25 bits per heavy atom. The van der Waals surface area contributed by atoms with Crippen LogP contribution in [-0.4, -0.2) is 0 Å². The molecule has 8 heavy (non-hydrogen) atoms. The topological polar surface area (TPSA) is 30.2 Å². The van der Waals surface area contributed by atoms with Crippen molar-refractivity contribution < 1.29 is 4.42 Å². The molecule has 0 fully saturated rings. The molecule has 42 valence electrons. The second-order valence-electron chi connectivity index (χ2n) is 1.31. The Hall–Kier alpha value is -0.700. The van der Waals surface area contributed by atoms with Crippen LogP contribution < -0.4 is 5.63 Å². The minimum atomic E-state index is -0.345. The zero-order valence-corrected chi connectivity index (χ0v) is 4.89. The highest BCUT2D eigenvalue weighted by Crippen LogP contribution is 1.98. The summed E-state index contributed by atoms with van der Waals surface area (Å²) in [5, 5.41) is 0. The summed E-state index contributed by atoms with van der Waals surface area (Å²) in [5.74, 6) is 0. The van der Waals surface area contributed by atoms with Gasteiger partial charge in [0.2, 0.25) is 0 Å². The molecule has 3 heteroatoms. The number of hydrogen-bond donors (Lipinski definition) is 1. The van der Waals surface area contributed by atoms with Crippen molar-refractivity contribution >= 4 is 12.6 Å². The van der Waals surface area contributed by atoms with E-state index < -0.39 is 0 Å². The van der Waals surface area contributed by atoms with E-state index in [0.717, 1.165) is 0 Å². The van der Waals surface area contributed by atoms with Crippen LogP contribution in [0.15, 0.2) is 32.5 Å². The molecule has 0 N–H and O–H groups in total. The van der Waals surface area contributed by atoms with E-state index in [9.17, 15) is 4.79 Å². The molecular formula is C5H4O2S. The van der Waals surface area contributed by atoms with E-state index in [1.807, 2.05) is 0 Å². The van der Waals surface area contributed by atoms with Gasteiger partial charge in [0.25, 0.3) is 0 Å². The summed E-state index contributed by atoms with van der Waals surface area (Å²) >= 11 is 3.90. The Balaban J connectivity index is 3.22. The van der Waals surface area contributed by atoms with E-state index >= 15 is 0 Å². The van der Waals surface area contributed by atoms with Crippen LogP contribution in [0, 0.1) is 0 Å². The van der Waals surface area contributed by atoms with Crippen LogP contribution in [0.25, 0.3) is 0 Å². The van der Waals surface area contributed by atoms with Crippen LogP contribution in [0.2, 0.25) is 0 Å². The van der Waals surface area contributed by atoms with Crippen molar-refractivity contribution in [2.24, 2.45) is 0 Å². The standard InChI is InChI=1S/C5H4O2S/c6-5-2-1-4(8)3-7-5/h1-3,8H. The molecule has 0 unspecified atom stereocenters. The molecule has 0 bridgehead atoms. The maximum atomic E-state index is 10.2. The van der Waals surface area contributed by atoms with Crippen LogP contribution in [0.1, 0.15) is 0 Å². The number of hydrogen-bond acceptors (Lipinski definition) is 3. The molecule has 0 atom stereocenters. The smallest absolute Gasteiger partial charge is 0.335 e. The minimum Gasteiger partial charge on any atom is -0.430 e. The lowest BCUT2D eigenvalue weighted by atomic mass is 10.5.